The van der Waals surface area contributed by atoms with Crippen LogP contribution in [0.25, 0.3) is 0 Å². The molecule has 3 atom stereocenters. The number of alkyl halides is 3. The van der Waals surface area contributed by atoms with Crippen molar-refractivity contribution in [3.8, 4) is 0 Å². The SMILES string of the molecule is CC[C@@H](C(=O)OC(C)C)[C@@H](N[S@](=O)C(C)(C)C)C(F)(F)F. The number of nitrogens with one attached hydrogen (secondary N) is 1. The van der Waals surface area contributed by atoms with Crippen LogP contribution in [-0.4, -0.2) is 33.2 Å². The molecule has 0 unspecified atom stereocenters. The Balaban J connectivity index is 5.30. The molecule has 0 aromatic heterocycles. The van der Waals surface area contributed by atoms with Crippen molar-refractivity contribution in [1.29, 1.82) is 0 Å². The second kappa shape index (κ2) is 7.58. The Morgan fingerprint density at radius 2 is 1.71 bits per heavy atom. The van der Waals surface area contributed by atoms with E-state index in [4.69, 9.17) is 4.74 Å². The first-order chi connectivity index (χ1) is 9.30. The maximum absolute atomic E-state index is 13.2. The van der Waals surface area contributed by atoms with Gasteiger partial charge in [-0.2, -0.15) is 13.2 Å². The first-order valence-electron chi connectivity index (χ1n) is 6.76. The molecule has 0 aliphatic heterocycles. The molecule has 1 N–H and O–H groups in total. The molecule has 0 rings (SSSR count). The van der Waals surface area contributed by atoms with Gasteiger partial charge in [0, 0.05) is 0 Å². The van der Waals surface area contributed by atoms with Crippen LogP contribution >= 0.6 is 0 Å². The molecule has 0 saturated heterocycles. The highest BCUT2D eigenvalue weighted by Gasteiger charge is 2.49. The molecule has 0 aromatic rings. The summed E-state index contributed by atoms with van der Waals surface area (Å²) in [5.74, 6) is -2.37. The minimum atomic E-state index is -4.70. The summed E-state index contributed by atoms with van der Waals surface area (Å²) >= 11 is 0. The summed E-state index contributed by atoms with van der Waals surface area (Å²) in [5.41, 5.74) is 0. The third kappa shape index (κ3) is 6.78. The van der Waals surface area contributed by atoms with E-state index in [2.05, 4.69) is 0 Å². The van der Waals surface area contributed by atoms with E-state index in [0.717, 1.165) is 0 Å². The van der Waals surface area contributed by atoms with Crippen LogP contribution < -0.4 is 4.72 Å². The molecule has 0 saturated carbocycles. The minimum Gasteiger partial charge on any atom is -0.463 e. The molecule has 0 aliphatic carbocycles. The molecular weight excluding hydrogens is 307 g/mol. The van der Waals surface area contributed by atoms with Gasteiger partial charge in [0.15, 0.2) is 0 Å². The molecule has 4 nitrogen and oxygen atoms in total. The van der Waals surface area contributed by atoms with Crippen LogP contribution in [0.5, 0.6) is 0 Å². The Labute approximate surface area is 126 Å². The average Bonchev–Trinajstić information content (AvgIpc) is 2.24. The van der Waals surface area contributed by atoms with E-state index in [1.807, 2.05) is 4.72 Å². The molecule has 0 spiro atoms. The first kappa shape index (κ1) is 20.4. The molecule has 8 heteroatoms. The van der Waals surface area contributed by atoms with Gasteiger partial charge >= 0.3 is 12.1 Å². The van der Waals surface area contributed by atoms with Crippen molar-refractivity contribution in [2.45, 2.75) is 71.0 Å². The smallest absolute Gasteiger partial charge is 0.405 e. The third-order valence-electron chi connectivity index (χ3n) is 2.64. The number of ether oxygens (including phenoxy) is 1. The van der Waals surface area contributed by atoms with Crippen LogP contribution in [0.1, 0.15) is 48.0 Å². The Morgan fingerprint density at radius 1 is 1.24 bits per heavy atom. The summed E-state index contributed by atoms with van der Waals surface area (Å²) in [7, 11) is -1.94. The quantitative estimate of drug-likeness (QED) is 0.761. The molecule has 0 amide bonds. The van der Waals surface area contributed by atoms with Crippen molar-refractivity contribution in [2.24, 2.45) is 5.92 Å². The number of halogens is 3. The molecule has 0 bridgehead atoms. The van der Waals surface area contributed by atoms with Crippen molar-refractivity contribution in [3.05, 3.63) is 0 Å². The van der Waals surface area contributed by atoms with Crippen molar-refractivity contribution in [1.82, 2.24) is 4.72 Å². The standard InChI is InChI=1S/C13H24F3NO3S/c1-7-9(11(18)20-8(2)3)10(13(14,15)16)17-21(19)12(4,5)6/h8-10,17H,7H2,1-6H3/t9-,10-,21-/m1/s1. The largest absolute Gasteiger partial charge is 0.463 e. The topological polar surface area (TPSA) is 55.4 Å². The number of hydrogen-bond acceptors (Lipinski definition) is 3. The predicted molar refractivity (Wildman–Crippen MR) is 75.9 cm³/mol. The van der Waals surface area contributed by atoms with E-state index in [1.54, 1.807) is 34.6 Å². The van der Waals surface area contributed by atoms with Gasteiger partial charge in [-0.05, 0) is 41.0 Å². The molecule has 0 aliphatic rings. The molecule has 0 aromatic carbocycles. The Morgan fingerprint density at radius 3 is 2.00 bits per heavy atom. The molecule has 21 heavy (non-hydrogen) atoms. The van der Waals surface area contributed by atoms with Crippen LogP contribution in [0, 0.1) is 5.92 Å². The maximum Gasteiger partial charge on any atom is 0.405 e. The van der Waals surface area contributed by atoms with Gasteiger partial charge in [0.05, 0.1) is 27.8 Å². The number of rotatable bonds is 6. The minimum absolute atomic E-state index is 0.0654. The lowest BCUT2D eigenvalue weighted by molar-refractivity contribution is -0.181. The maximum atomic E-state index is 13.2. The highest BCUT2D eigenvalue weighted by atomic mass is 32.2. The van der Waals surface area contributed by atoms with Crippen LogP contribution in [0.3, 0.4) is 0 Å². The summed E-state index contributed by atoms with van der Waals surface area (Å²) in [6.45, 7) is 9.25. The Hall–Kier alpha value is -0.630. The zero-order valence-electron chi connectivity index (χ0n) is 13.2. The number of carbonyl (C=O) groups is 1. The lowest BCUT2D eigenvalue weighted by atomic mass is 9.97. The zero-order chi connectivity index (χ0) is 17.0. The van der Waals surface area contributed by atoms with E-state index < -0.39 is 45.9 Å². The number of hydrogen-bond donors (Lipinski definition) is 1. The Bertz CT molecular complexity index is 378. The first-order valence-corrected chi connectivity index (χ1v) is 7.91. The van der Waals surface area contributed by atoms with Gasteiger partial charge in [-0.15, -0.1) is 0 Å². The molecule has 0 fully saturated rings. The van der Waals surface area contributed by atoms with E-state index in [9.17, 15) is 22.2 Å². The van der Waals surface area contributed by atoms with Gasteiger partial charge in [0.25, 0.3) is 0 Å². The van der Waals surface area contributed by atoms with Gasteiger partial charge < -0.3 is 4.74 Å². The monoisotopic (exact) mass is 331 g/mol. The van der Waals surface area contributed by atoms with Gasteiger partial charge in [-0.1, -0.05) is 6.92 Å². The van der Waals surface area contributed by atoms with Crippen molar-refractivity contribution >= 4 is 17.0 Å². The van der Waals surface area contributed by atoms with E-state index in [0.29, 0.717) is 0 Å². The van der Waals surface area contributed by atoms with Gasteiger partial charge in [-0.3, -0.25) is 4.79 Å². The summed E-state index contributed by atoms with van der Waals surface area (Å²) in [6, 6.07) is -2.20. The summed E-state index contributed by atoms with van der Waals surface area (Å²) < 4.78 is 57.6. The van der Waals surface area contributed by atoms with Gasteiger partial charge in [0.1, 0.15) is 6.04 Å². The number of carbonyl (C=O) groups excluding carboxylic acids is 1. The van der Waals surface area contributed by atoms with Gasteiger partial charge in [-0.25, -0.2) is 8.93 Å². The highest BCUT2D eigenvalue weighted by molar-refractivity contribution is 7.84. The second-order valence-electron chi connectivity index (χ2n) is 6.02. The predicted octanol–water partition coefficient (Wildman–Crippen LogP) is 2.95. The van der Waals surface area contributed by atoms with Crippen molar-refractivity contribution < 1.29 is 26.9 Å². The lowest BCUT2D eigenvalue weighted by Gasteiger charge is -2.30. The fourth-order valence-electron chi connectivity index (χ4n) is 1.53. The third-order valence-corrected chi connectivity index (χ3v) is 4.22. The second-order valence-corrected chi connectivity index (χ2v) is 8.02. The summed E-state index contributed by atoms with van der Waals surface area (Å²) in [6.07, 6.45) is -5.27. The van der Waals surface area contributed by atoms with Crippen molar-refractivity contribution in [2.75, 3.05) is 0 Å². The van der Waals surface area contributed by atoms with Crippen molar-refractivity contribution in [3.63, 3.8) is 0 Å². The fraction of sp³-hybridized carbons (Fsp3) is 0.923. The van der Waals surface area contributed by atoms with Gasteiger partial charge in [0.2, 0.25) is 0 Å². The lowest BCUT2D eigenvalue weighted by Crippen LogP contribution is -2.53. The van der Waals surface area contributed by atoms with E-state index in [-0.39, 0.29) is 6.42 Å². The zero-order valence-corrected chi connectivity index (χ0v) is 14.0. The van der Waals surface area contributed by atoms with E-state index in [1.165, 1.54) is 6.92 Å². The van der Waals surface area contributed by atoms with E-state index >= 15 is 0 Å². The molecular formula is C13H24F3NO3S. The summed E-state index contributed by atoms with van der Waals surface area (Å²) in [4.78, 5) is 11.8. The van der Waals surface area contributed by atoms with Crippen LogP contribution in [0.2, 0.25) is 0 Å². The van der Waals surface area contributed by atoms with Crippen LogP contribution in [0.15, 0.2) is 0 Å². The fourth-order valence-corrected chi connectivity index (χ4v) is 2.41. The summed E-state index contributed by atoms with van der Waals surface area (Å²) in [5, 5.41) is 0. The molecule has 0 radical (unpaired) electrons. The highest BCUT2D eigenvalue weighted by Crippen LogP contribution is 2.30. The normalized spacial score (nSPS) is 17.4. The Kier molecular flexibility index (Phi) is 7.35. The molecule has 126 valence electrons. The average molecular weight is 331 g/mol. The number of esters is 1. The van der Waals surface area contributed by atoms with Crippen LogP contribution in [0.4, 0.5) is 13.2 Å². The molecule has 0 heterocycles. The van der Waals surface area contributed by atoms with Crippen LogP contribution in [-0.2, 0) is 20.5 Å².